The summed E-state index contributed by atoms with van der Waals surface area (Å²) in [5.74, 6) is 0. The predicted molar refractivity (Wildman–Crippen MR) is 113 cm³/mol. The molecule has 0 radical (unpaired) electrons. The van der Waals surface area contributed by atoms with Gasteiger partial charge in [0, 0.05) is 0 Å². The zero-order chi connectivity index (χ0) is 19.5. The second-order valence-corrected chi connectivity index (χ2v) is 9.14. The molecule has 5 heteroatoms. The Bertz CT molecular complexity index is 421. The molecule has 0 saturated heterocycles. The van der Waals surface area contributed by atoms with E-state index in [1.807, 2.05) is 0 Å². The molecule has 0 amide bonds. The Hall–Kier alpha value is -0.390. The third kappa shape index (κ3) is 18.4. The highest BCUT2D eigenvalue weighted by Gasteiger charge is 2.15. The van der Waals surface area contributed by atoms with Crippen molar-refractivity contribution in [2.75, 3.05) is 6.54 Å². The standard InChI is InChI=1S/C21H43NO3S/c1-3-4-5-6-7-8-9-10-11-12-13-14-15-16-17-18-19-20-22-21(2)26(23,24)25/h10-11,21-22H,3-9,12-20H2,1-2H3,(H,23,24,25)/b11-10-. The summed E-state index contributed by atoms with van der Waals surface area (Å²) in [5, 5.41) is 1.96. The second kappa shape index (κ2) is 18.0. The van der Waals surface area contributed by atoms with Gasteiger partial charge in [0.2, 0.25) is 0 Å². The quantitative estimate of drug-likeness (QED) is 0.156. The van der Waals surface area contributed by atoms with Gasteiger partial charge in [0.25, 0.3) is 10.1 Å². The van der Waals surface area contributed by atoms with Crippen molar-refractivity contribution >= 4 is 10.1 Å². The third-order valence-corrected chi connectivity index (χ3v) is 5.88. The van der Waals surface area contributed by atoms with Gasteiger partial charge in [-0.2, -0.15) is 8.42 Å². The summed E-state index contributed by atoms with van der Waals surface area (Å²) >= 11 is 0. The smallest absolute Gasteiger partial charge is 0.280 e. The van der Waals surface area contributed by atoms with Gasteiger partial charge in [-0.25, -0.2) is 0 Å². The lowest BCUT2D eigenvalue weighted by atomic mass is 10.1. The van der Waals surface area contributed by atoms with Gasteiger partial charge in [-0.15, -0.1) is 0 Å². The van der Waals surface area contributed by atoms with E-state index in [1.54, 1.807) is 0 Å². The Morgan fingerprint density at radius 2 is 1.19 bits per heavy atom. The SMILES string of the molecule is CCCCCCCC/C=C\CCCCCCCCCNC(C)S(=O)(=O)O. The minimum absolute atomic E-state index is 0.643. The Morgan fingerprint density at radius 1 is 0.769 bits per heavy atom. The van der Waals surface area contributed by atoms with Crippen LogP contribution in [0.3, 0.4) is 0 Å². The molecular formula is C21H43NO3S. The fraction of sp³-hybridized carbons (Fsp3) is 0.905. The molecule has 2 N–H and O–H groups in total. The van der Waals surface area contributed by atoms with Crippen LogP contribution in [0.2, 0.25) is 0 Å². The zero-order valence-electron chi connectivity index (χ0n) is 17.2. The van der Waals surface area contributed by atoms with Gasteiger partial charge in [-0.1, -0.05) is 83.3 Å². The molecule has 0 fully saturated rings. The summed E-state index contributed by atoms with van der Waals surface area (Å²) < 4.78 is 30.5. The molecule has 0 saturated carbocycles. The van der Waals surface area contributed by atoms with E-state index in [-0.39, 0.29) is 0 Å². The molecule has 0 aliphatic rings. The first kappa shape index (κ1) is 25.6. The Kier molecular flexibility index (Phi) is 17.7. The van der Waals surface area contributed by atoms with Gasteiger partial charge in [-0.05, 0) is 45.6 Å². The first-order chi connectivity index (χ1) is 12.5. The highest BCUT2D eigenvalue weighted by atomic mass is 32.2. The average Bonchev–Trinajstić information content (AvgIpc) is 2.59. The average molecular weight is 390 g/mol. The van der Waals surface area contributed by atoms with E-state index in [0.717, 1.165) is 12.8 Å². The van der Waals surface area contributed by atoms with Gasteiger partial charge >= 0.3 is 0 Å². The molecule has 0 aromatic heterocycles. The van der Waals surface area contributed by atoms with E-state index < -0.39 is 15.5 Å². The van der Waals surface area contributed by atoms with Crippen LogP contribution in [0.4, 0.5) is 0 Å². The molecule has 1 atom stereocenters. The van der Waals surface area contributed by atoms with Crippen molar-refractivity contribution in [1.82, 2.24) is 5.32 Å². The van der Waals surface area contributed by atoms with Crippen molar-refractivity contribution in [2.24, 2.45) is 0 Å². The largest absolute Gasteiger partial charge is 0.299 e. The van der Waals surface area contributed by atoms with Crippen LogP contribution in [0.5, 0.6) is 0 Å². The van der Waals surface area contributed by atoms with Crippen LogP contribution < -0.4 is 5.32 Å². The van der Waals surface area contributed by atoms with Gasteiger partial charge in [0.15, 0.2) is 0 Å². The van der Waals surface area contributed by atoms with E-state index >= 15 is 0 Å². The molecule has 0 aliphatic heterocycles. The van der Waals surface area contributed by atoms with Crippen molar-refractivity contribution < 1.29 is 13.0 Å². The number of nitrogens with one attached hydrogen (secondary N) is 1. The van der Waals surface area contributed by atoms with Crippen LogP contribution in [-0.4, -0.2) is 24.9 Å². The first-order valence-electron chi connectivity index (χ1n) is 10.8. The van der Waals surface area contributed by atoms with E-state index in [1.165, 1.54) is 90.4 Å². The molecule has 0 aliphatic carbocycles. The summed E-state index contributed by atoms with van der Waals surface area (Å²) in [6.07, 6.45) is 23.9. The summed E-state index contributed by atoms with van der Waals surface area (Å²) in [5.41, 5.74) is 0. The minimum Gasteiger partial charge on any atom is -0.299 e. The Balaban J connectivity index is 3.21. The van der Waals surface area contributed by atoms with Crippen molar-refractivity contribution in [3.05, 3.63) is 12.2 Å². The minimum atomic E-state index is -3.94. The molecular weight excluding hydrogens is 346 g/mol. The van der Waals surface area contributed by atoms with Crippen LogP contribution in [0, 0.1) is 0 Å². The van der Waals surface area contributed by atoms with Gasteiger partial charge in [0.1, 0.15) is 5.37 Å². The van der Waals surface area contributed by atoms with Crippen LogP contribution >= 0.6 is 0 Å². The lowest BCUT2D eigenvalue weighted by Crippen LogP contribution is -2.34. The molecule has 0 aromatic carbocycles. The van der Waals surface area contributed by atoms with Gasteiger partial charge in [-0.3, -0.25) is 9.87 Å². The summed E-state index contributed by atoms with van der Waals surface area (Å²) in [4.78, 5) is 0. The third-order valence-electron chi connectivity index (χ3n) is 4.82. The zero-order valence-corrected chi connectivity index (χ0v) is 18.0. The Morgan fingerprint density at radius 3 is 1.65 bits per heavy atom. The summed E-state index contributed by atoms with van der Waals surface area (Å²) in [6, 6.07) is 0. The molecule has 1 unspecified atom stereocenters. The molecule has 156 valence electrons. The lowest BCUT2D eigenvalue weighted by Gasteiger charge is -2.10. The normalized spacial score (nSPS) is 13.5. The summed E-state index contributed by atoms with van der Waals surface area (Å²) in [6.45, 7) is 4.37. The van der Waals surface area contributed by atoms with E-state index in [0.29, 0.717) is 6.54 Å². The van der Waals surface area contributed by atoms with E-state index in [9.17, 15) is 8.42 Å². The second-order valence-electron chi connectivity index (χ2n) is 7.40. The van der Waals surface area contributed by atoms with Crippen LogP contribution in [-0.2, 0) is 10.1 Å². The number of allylic oxidation sites excluding steroid dienone is 2. The highest BCUT2D eigenvalue weighted by Crippen LogP contribution is 2.10. The number of hydrogen-bond donors (Lipinski definition) is 2. The van der Waals surface area contributed by atoms with Crippen LogP contribution in [0.15, 0.2) is 12.2 Å². The van der Waals surface area contributed by atoms with Crippen LogP contribution in [0.25, 0.3) is 0 Å². The molecule has 0 spiro atoms. The summed E-state index contributed by atoms with van der Waals surface area (Å²) in [7, 11) is -3.94. The molecule has 0 rings (SSSR count). The fourth-order valence-electron chi connectivity index (χ4n) is 2.96. The predicted octanol–water partition coefficient (Wildman–Crippen LogP) is 6.24. The molecule has 0 heterocycles. The lowest BCUT2D eigenvalue weighted by molar-refractivity contribution is 0.452. The highest BCUT2D eigenvalue weighted by molar-refractivity contribution is 7.86. The fourth-order valence-corrected chi connectivity index (χ4v) is 3.29. The molecule has 26 heavy (non-hydrogen) atoms. The van der Waals surface area contributed by atoms with Crippen LogP contribution in [0.1, 0.15) is 110 Å². The van der Waals surface area contributed by atoms with Crippen molar-refractivity contribution in [1.29, 1.82) is 0 Å². The number of rotatable bonds is 19. The van der Waals surface area contributed by atoms with E-state index in [2.05, 4.69) is 24.4 Å². The van der Waals surface area contributed by atoms with Crippen molar-refractivity contribution in [3.8, 4) is 0 Å². The van der Waals surface area contributed by atoms with Crippen molar-refractivity contribution in [2.45, 2.75) is 116 Å². The monoisotopic (exact) mass is 389 g/mol. The molecule has 0 aromatic rings. The maximum atomic E-state index is 10.8. The maximum Gasteiger partial charge on any atom is 0.280 e. The van der Waals surface area contributed by atoms with Gasteiger partial charge in [0.05, 0.1) is 0 Å². The maximum absolute atomic E-state index is 10.8. The number of unbranched alkanes of at least 4 members (excludes halogenated alkanes) is 13. The van der Waals surface area contributed by atoms with E-state index in [4.69, 9.17) is 4.55 Å². The van der Waals surface area contributed by atoms with Gasteiger partial charge < -0.3 is 0 Å². The molecule has 4 nitrogen and oxygen atoms in total. The Labute approximate surface area is 163 Å². The number of hydrogen-bond acceptors (Lipinski definition) is 3. The molecule has 0 bridgehead atoms. The van der Waals surface area contributed by atoms with Crippen molar-refractivity contribution in [3.63, 3.8) is 0 Å². The topological polar surface area (TPSA) is 66.4 Å². The first-order valence-corrected chi connectivity index (χ1v) is 12.3.